The Bertz CT molecular complexity index is 1340. The van der Waals surface area contributed by atoms with Gasteiger partial charge in [0.15, 0.2) is 0 Å². The first kappa shape index (κ1) is 22.3. The lowest BCUT2D eigenvalue weighted by molar-refractivity contribution is 0.0937. The van der Waals surface area contributed by atoms with Crippen molar-refractivity contribution in [2.24, 2.45) is 5.73 Å². The van der Waals surface area contributed by atoms with Crippen LogP contribution in [-0.4, -0.2) is 23.8 Å². The number of rotatable bonds is 6. The Hall–Kier alpha value is -3.90. The van der Waals surface area contributed by atoms with Crippen molar-refractivity contribution in [3.8, 4) is 11.3 Å². The smallest absolute Gasteiger partial charge is 0.252 e. The SMILES string of the molecule is CNC(=O)c1c[nH]c(-c2cc(C(C)NC(=O)c3cc(CN)ccc3C)c3ccccc3c2)c1. The minimum Gasteiger partial charge on any atom is -0.360 e. The Balaban J connectivity index is 1.71. The van der Waals surface area contributed by atoms with Gasteiger partial charge in [0.1, 0.15) is 0 Å². The molecule has 1 unspecified atom stereocenters. The molecule has 0 saturated carbocycles. The molecule has 0 spiro atoms. The minimum absolute atomic E-state index is 0.133. The summed E-state index contributed by atoms with van der Waals surface area (Å²) in [4.78, 5) is 28.3. The van der Waals surface area contributed by atoms with Crippen LogP contribution in [0.4, 0.5) is 0 Å². The summed E-state index contributed by atoms with van der Waals surface area (Å²) < 4.78 is 0. The molecule has 168 valence electrons. The summed E-state index contributed by atoms with van der Waals surface area (Å²) in [5.74, 6) is -0.277. The second-order valence-corrected chi connectivity index (χ2v) is 8.22. The first-order chi connectivity index (χ1) is 15.9. The molecule has 6 nitrogen and oxygen atoms in total. The molecule has 0 aliphatic carbocycles. The lowest BCUT2D eigenvalue weighted by Crippen LogP contribution is -2.27. The molecule has 1 heterocycles. The van der Waals surface area contributed by atoms with Gasteiger partial charge < -0.3 is 21.4 Å². The molecule has 2 amide bonds. The molecule has 0 radical (unpaired) electrons. The van der Waals surface area contributed by atoms with Gasteiger partial charge in [0, 0.05) is 31.0 Å². The Morgan fingerprint density at radius 2 is 1.82 bits per heavy atom. The lowest BCUT2D eigenvalue weighted by Gasteiger charge is -2.19. The van der Waals surface area contributed by atoms with E-state index >= 15 is 0 Å². The van der Waals surface area contributed by atoms with E-state index in [0.717, 1.165) is 38.7 Å². The van der Waals surface area contributed by atoms with E-state index < -0.39 is 0 Å². The number of carbonyl (C=O) groups excluding carboxylic acids is 2. The van der Waals surface area contributed by atoms with Crippen LogP contribution in [0.5, 0.6) is 0 Å². The molecular formula is C27H28N4O2. The van der Waals surface area contributed by atoms with Crippen LogP contribution in [0.15, 0.2) is 66.9 Å². The highest BCUT2D eigenvalue weighted by Gasteiger charge is 2.18. The third-order valence-corrected chi connectivity index (χ3v) is 5.97. The Kier molecular flexibility index (Phi) is 6.29. The van der Waals surface area contributed by atoms with Crippen molar-refractivity contribution >= 4 is 22.6 Å². The third kappa shape index (κ3) is 4.52. The van der Waals surface area contributed by atoms with Crippen molar-refractivity contribution in [1.82, 2.24) is 15.6 Å². The molecule has 0 saturated heterocycles. The van der Waals surface area contributed by atoms with Gasteiger partial charge in [-0.25, -0.2) is 0 Å². The standard InChI is InChI=1S/C27H28N4O2/c1-16-8-9-18(14-28)10-23(16)27(33)31-17(2)24-12-20(11-19-6-4-5-7-22(19)24)25-13-21(15-30-25)26(32)29-3/h4-13,15,17,30H,14,28H2,1-3H3,(H,29,32)(H,31,33). The fraction of sp³-hybridized carbons (Fsp3) is 0.185. The number of aromatic amines is 1. The van der Waals surface area contributed by atoms with Crippen LogP contribution in [0, 0.1) is 6.92 Å². The number of amides is 2. The maximum Gasteiger partial charge on any atom is 0.252 e. The Labute approximate surface area is 193 Å². The molecular weight excluding hydrogens is 412 g/mol. The number of aryl methyl sites for hydroxylation is 1. The Morgan fingerprint density at radius 3 is 2.58 bits per heavy atom. The van der Waals surface area contributed by atoms with E-state index in [9.17, 15) is 9.59 Å². The summed E-state index contributed by atoms with van der Waals surface area (Å²) in [7, 11) is 1.61. The summed E-state index contributed by atoms with van der Waals surface area (Å²) in [6.07, 6.45) is 1.70. The lowest BCUT2D eigenvalue weighted by atomic mass is 9.95. The van der Waals surface area contributed by atoms with E-state index in [1.807, 2.05) is 56.3 Å². The zero-order valence-electron chi connectivity index (χ0n) is 19.0. The van der Waals surface area contributed by atoms with E-state index in [2.05, 4.69) is 33.8 Å². The van der Waals surface area contributed by atoms with Crippen LogP contribution in [0.25, 0.3) is 22.0 Å². The highest BCUT2D eigenvalue weighted by Crippen LogP contribution is 2.31. The van der Waals surface area contributed by atoms with Crippen LogP contribution in [0.3, 0.4) is 0 Å². The van der Waals surface area contributed by atoms with Crippen molar-refractivity contribution in [2.45, 2.75) is 26.4 Å². The number of carbonyl (C=O) groups is 2. The summed E-state index contributed by atoms with van der Waals surface area (Å²) in [6, 6.07) is 19.6. The van der Waals surface area contributed by atoms with Gasteiger partial charge in [0.25, 0.3) is 11.8 Å². The number of fused-ring (bicyclic) bond motifs is 1. The molecule has 6 heteroatoms. The van der Waals surface area contributed by atoms with Crippen LogP contribution in [0.1, 0.15) is 50.4 Å². The summed E-state index contributed by atoms with van der Waals surface area (Å²) in [5, 5.41) is 7.92. The van der Waals surface area contributed by atoms with Crippen LogP contribution in [-0.2, 0) is 6.54 Å². The normalized spacial score (nSPS) is 11.9. The van der Waals surface area contributed by atoms with Crippen molar-refractivity contribution in [3.05, 3.63) is 94.7 Å². The van der Waals surface area contributed by atoms with Gasteiger partial charge in [-0.1, -0.05) is 36.4 Å². The van der Waals surface area contributed by atoms with Crippen molar-refractivity contribution in [1.29, 1.82) is 0 Å². The van der Waals surface area contributed by atoms with Crippen LogP contribution >= 0.6 is 0 Å². The number of H-pyrrole nitrogens is 1. The van der Waals surface area contributed by atoms with Crippen LogP contribution < -0.4 is 16.4 Å². The quantitative estimate of drug-likeness (QED) is 0.356. The molecule has 3 aromatic carbocycles. The first-order valence-corrected chi connectivity index (χ1v) is 10.9. The largest absolute Gasteiger partial charge is 0.360 e. The van der Waals surface area contributed by atoms with Crippen LogP contribution in [0.2, 0.25) is 0 Å². The van der Waals surface area contributed by atoms with Crippen molar-refractivity contribution in [2.75, 3.05) is 7.05 Å². The van der Waals surface area contributed by atoms with Gasteiger partial charge in [-0.3, -0.25) is 9.59 Å². The van der Waals surface area contributed by atoms with E-state index in [-0.39, 0.29) is 17.9 Å². The van der Waals surface area contributed by atoms with Gasteiger partial charge in [-0.2, -0.15) is 0 Å². The Morgan fingerprint density at radius 1 is 1.03 bits per heavy atom. The summed E-state index contributed by atoms with van der Waals surface area (Å²) >= 11 is 0. The topological polar surface area (TPSA) is 100 Å². The van der Waals surface area contributed by atoms with Gasteiger partial charge >= 0.3 is 0 Å². The maximum atomic E-state index is 13.1. The molecule has 0 bridgehead atoms. The number of nitrogens with one attached hydrogen (secondary N) is 3. The number of aromatic nitrogens is 1. The third-order valence-electron chi connectivity index (χ3n) is 5.97. The number of hydrogen-bond donors (Lipinski definition) is 4. The van der Waals surface area contributed by atoms with Gasteiger partial charge in [0.05, 0.1) is 11.6 Å². The van der Waals surface area contributed by atoms with Gasteiger partial charge in [0.2, 0.25) is 0 Å². The molecule has 5 N–H and O–H groups in total. The molecule has 1 atom stereocenters. The highest BCUT2D eigenvalue weighted by atomic mass is 16.2. The summed E-state index contributed by atoms with van der Waals surface area (Å²) in [6.45, 7) is 4.29. The summed E-state index contributed by atoms with van der Waals surface area (Å²) in [5.41, 5.74) is 11.6. The van der Waals surface area contributed by atoms with Gasteiger partial charge in [-0.15, -0.1) is 0 Å². The van der Waals surface area contributed by atoms with E-state index in [1.54, 1.807) is 13.2 Å². The van der Waals surface area contributed by atoms with E-state index in [0.29, 0.717) is 17.7 Å². The average Bonchev–Trinajstić information content (AvgIpc) is 3.33. The molecule has 0 fully saturated rings. The predicted octanol–water partition coefficient (Wildman–Crippen LogP) is 4.45. The fourth-order valence-corrected chi connectivity index (χ4v) is 4.08. The average molecular weight is 441 g/mol. The molecule has 33 heavy (non-hydrogen) atoms. The fourth-order valence-electron chi connectivity index (χ4n) is 4.08. The molecule has 0 aliphatic heterocycles. The molecule has 1 aromatic heterocycles. The monoisotopic (exact) mass is 440 g/mol. The second-order valence-electron chi connectivity index (χ2n) is 8.22. The number of benzene rings is 3. The minimum atomic E-state index is -0.239. The van der Waals surface area contributed by atoms with E-state index in [4.69, 9.17) is 5.73 Å². The zero-order valence-corrected chi connectivity index (χ0v) is 19.0. The zero-order chi connectivity index (χ0) is 23.5. The first-order valence-electron chi connectivity index (χ1n) is 10.9. The number of nitrogens with two attached hydrogens (primary N) is 1. The van der Waals surface area contributed by atoms with Crippen molar-refractivity contribution in [3.63, 3.8) is 0 Å². The van der Waals surface area contributed by atoms with Crippen molar-refractivity contribution < 1.29 is 9.59 Å². The molecule has 0 aliphatic rings. The predicted molar refractivity (Wildman–Crippen MR) is 132 cm³/mol. The highest BCUT2D eigenvalue weighted by molar-refractivity contribution is 5.98. The van der Waals surface area contributed by atoms with Gasteiger partial charge in [-0.05, 0) is 71.1 Å². The number of hydrogen-bond acceptors (Lipinski definition) is 3. The maximum absolute atomic E-state index is 13.1. The molecule has 4 aromatic rings. The molecule has 4 rings (SSSR count). The van der Waals surface area contributed by atoms with E-state index in [1.165, 1.54) is 0 Å². The second kappa shape index (κ2) is 9.30.